The Morgan fingerprint density at radius 2 is 1.91 bits per heavy atom. The van der Waals surface area contributed by atoms with Crippen molar-refractivity contribution in [1.29, 1.82) is 0 Å². The van der Waals surface area contributed by atoms with Crippen LogP contribution in [-0.4, -0.2) is 30.7 Å². The Kier molecular flexibility index (Phi) is 8.53. The second-order valence-electron chi connectivity index (χ2n) is 7.74. The molecule has 2 N–H and O–H groups in total. The normalized spacial score (nSPS) is 11.9. The van der Waals surface area contributed by atoms with Crippen LogP contribution in [0.15, 0.2) is 59.7 Å². The van der Waals surface area contributed by atoms with Crippen LogP contribution in [-0.2, 0) is 4.79 Å². The van der Waals surface area contributed by atoms with Crippen LogP contribution >= 0.6 is 23.2 Å². The van der Waals surface area contributed by atoms with E-state index in [1.165, 1.54) is 18.3 Å². The van der Waals surface area contributed by atoms with Crippen molar-refractivity contribution in [2.45, 2.75) is 19.9 Å². The van der Waals surface area contributed by atoms with Gasteiger partial charge in [-0.15, -0.1) is 6.42 Å². The molecule has 0 aliphatic carbocycles. The number of nitrogens with one attached hydrogen (secondary N) is 2. The van der Waals surface area contributed by atoms with Gasteiger partial charge in [-0.2, -0.15) is 5.10 Å². The molecule has 0 bridgehead atoms. The lowest BCUT2D eigenvalue weighted by atomic mass is 10.0. The lowest BCUT2D eigenvalue weighted by Crippen LogP contribution is -2.48. The summed E-state index contributed by atoms with van der Waals surface area (Å²) in [6.07, 6.45) is 6.83. The van der Waals surface area contributed by atoms with Gasteiger partial charge in [0.2, 0.25) is 0 Å². The van der Waals surface area contributed by atoms with Gasteiger partial charge in [-0.05, 0) is 41.0 Å². The van der Waals surface area contributed by atoms with Crippen molar-refractivity contribution in [2.24, 2.45) is 11.0 Å². The highest BCUT2D eigenvalue weighted by atomic mass is 35.5. The number of hydrogen-bond donors (Lipinski definition) is 2. The highest BCUT2D eigenvalue weighted by Gasteiger charge is 2.25. The van der Waals surface area contributed by atoms with Crippen LogP contribution in [0, 0.1) is 18.3 Å². The standard InChI is InChI=1S/C26H23Cl2N3O3/c1-4-13-34-23-12-9-17-7-5-6-8-19(17)21(23)15-29-31-26(33)24(16(2)3)30-25(32)20-11-10-18(27)14-22(20)28/h1,5-12,14-16,24H,13H2,2-3H3,(H,30,32)(H,31,33)/b29-15+. The average molecular weight is 496 g/mol. The molecule has 1 unspecified atom stereocenters. The van der Waals surface area contributed by atoms with Crippen LogP contribution in [0.25, 0.3) is 10.8 Å². The zero-order valence-corrected chi connectivity index (χ0v) is 20.2. The van der Waals surface area contributed by atoms with Crippen LogP contribution in [0.4, 0.5) is 0 Å². The first kappa shape index (κ1) is 25.1. The van der Waals surface area contributed by atoms with Gasteiger partial charge in [0.1, 0.15) is 18.4 Å². The highest BCUT2D eigenvalue weighted by molar-refractivity contribution is 6.36. The van der Waals surface area contributed by atoms with E-state index in [9.17, 15) is 9.59 Å². The molecule has 0 radical (unpaired) electrons. The maximum atomic E-state index is 12.8. The molecule has 2 amide bonds. The molecule has 0 aliphatic rings. The third-order valence-electron chi connectivity index (χ3n) is 5.02. The number of rotatable bonds is 8. The van der Waals surface area contributed by atoms with Crippen LogP contribution in [0.1, 0.15) is 29.8 Å². The third kappa shape index (κ3) is 6.07. The Balaban J connectivity index is 1.79. The summed E-state index contributed by atoms with van der Waals surface area (Å²) in [7, 11) is 0. The van der Waals surface area contributed by atoms with Gasteiger partial charge in [-0.25, -0.2) is 5.43 Å². The molecular weight excluding hydrogens is 473 g/mol. The maximum absolute atomic E-state index is 12.8. The van der Waals surface area contributed by atoms with Crippen LogP contribution in [0.3, 0.4) is 0 Å². The van der Waals surface area contributed by atoms with Crippen molar-refractivity contribution in [3.05, 3.63) is 75.8 Å². The zero-order valence-electron chi connectivity index (χ0n) is 18.6. The second-order valence-corrected chi connectivity index (χ2v) is 8.59. The largest absolute Gasteiger partial charge is 0.480 e. The van der Waals surface area contributed by atoms with Crippen LogP contribution < -0.4 is 15.5 Å². The summed E-state index contributed by atoms with van der Waals surface area (Å²) in [4.78, 5) is 25.5. The lowest BCUT2D eigenvalue weighted by Gasteiger charge is -2.20. The van der Waals surface area contributed by atoms with E-state index in [2.05, 4.69) is 21.8 Å². The molecule has 8 heteroatoms. The fourth-order valence-electron chi connectivity index (χ4n) is 3.31. The number of terminal acetylenes is 1. The van der Waals surface area contributed by atoms with E-state index in [1.807, 2.05) is 44.2 Å². The van der Waals surface area contributed by atoms with Crippen molar-refractivity contribution < 1.29 is 14.3 Å². The first-order chi connectivity index (χ1) is 16.3. The molecular formula is C26H23Cl2N3O3. The first-order valence-electron chi connectivity index (χ1n) is 10.5. The Morgan fingerprint density at radius 3 is 2.62 bits per heavy atom. The van der Waals surface area contributed by atoms with Gasteiger partial charge >= 0.3 is 0 Å². The Labute approximate surface area is 208 Å². The van der Waals surface area contributed by atoms with E-state index in [1.54, 1.807) is 12.1 Å². The fraction of sp³-hybridized carbons (Fsp3) is 0.192. The number of nitrogens with zero attached hydrogens (tertiary/aromatic N) is 1. The quantitative estimate of drug-likeness (QED) is 0.260. The molecule has 0 aromatic heterocycles. The number of carbonyl (C=O) groups excluding carboxylic acids is 2. The summed E-state index contributed by atoms with van der Waals surface area (Å²) in [5, 5.41) is 9.31. The Morgan fingerprint density at radius 1 is 1.15 bits per heavy atom. The van der Waals surface area contributed by atoms with Gasteiger partial charge in [0, 0.05) is 10.6 Å². The van der Waals surface area contributed by atoms with Crippen molar-refractivity contribution in [3.63, 3.8) is 0 Å². The number of benzene rings is 3. The van der Waals surface area contributed by atoms with Crippen LogP contribution in [0.5, 0.6) is 5.75 Å². The topological polar surface area (TPSA) is 79.8 Å². The van der Waals surface area contributed by atoms with Crippen molar-refractivity contribution in [3.8, 4) is 18.1 Å². The van der Waals surface area contributed by atoms with Crippen molar-refractivity contribution >= 4 is 52.0 Å². The summed E-state index contributed by atoms with van der Waals surface area (Å²) in [6, 6.07) is 15.1. The van der Waals surface area contributed by atoms with E-state index < -0.39 is 17.9 Å². The molecule has 0 saturated heterocycles. The summed E-state index contributed by atoms with van der Waals surface area (Å²) in [6.45, 7) is 3.72. The maximum Gasteiger partial charge on any atom is 0.262 e. The molecule has 174 valence electrons. The molecule has 1 atom stereocenters. The molecule has 3 rings (SSSR count). The highest BCUT2D eigenvalue weighted by Crippen LogP contribution is 2.26. The molecule has 34 heavy (non-hydrogen) atoms. The summed E-state index contributed by atoms with van der Waals surface area (Å²) < 4.78 is 5.64. The molecule has 3 aromatic rings. The predicted molar refractivity (Wildman–Crippen MR) is 137 cm³/mol. The molecule has 0 fully saturated rings. The second kappa shape index (κ2) is 11.6. The minimum Gasteiger partial charge on any atom is -0.480 e. The summed E-state index contributed by atoms with van der Waals surface area (Å²) in [5.74, 6) is 1.81. The SMILES string of the molecule is C#CCOc1ccc2ccccc2c1/C=N/NC(=O)C(NC(=O)c1ccc(Cl)cc1Cl)C(C)C. The van der Waals surface area contributed by atoms with Gasteiger partial charge in [0.15, 0.2) is 0 Å². The lowest BCUT2D eigenvalue weighted by molar-refractivity contribution is -0.123. The van der Waals surface area contributed by atoms with E-state index in [-0.39, 0.29) is 23.1 Å². The minimum absolute atomic E-state index is 0.0975. The minimum atomic E-state index is -0.846. The molecule has 0 heterocycles. The summed E-state index contributed by atoms with van der Waals surface area (Å²) >= 11 is 12.0. The molecule has 6 nitrogen and oxygen atoms in total. The van der Waals surface area contributed by atoms with Gasteiger partial charge in [0.25, 0.3) is 11.8 Å². The number of fused-ring (bicyclic) bond motifs is 1. The number of hydrogen-bond acceptors (Lipinski definition) is 4. The monoisotopic (exact) mass is 495 g/mol. The van der Waals surface area contributed by atoms with Gasteiger partial charge in [-0.1, -0.05) is 73.3 Å². The van der Waals surface area contributed by atoms with Gasteiger partial charge in [-0.3, -0.25) is 9.59 Å². The van der Waals surface area contributed by atoms with Gasteiger partial charge in [0.05, 0.1) is 16.8 Å². The fourth-order valence-corrected chi connectivity index (χ4v) is 3.81. The Hall–Kier alpha value is -3.53. The molecule has 0 saturated carbocycles. The van der Waals surface area contributed by atoms with E-state index >= 15 is 0 Å². The number of ether oxygens (including phenoxy) is 1. The van der Waals surface area contributed by atoms with E-state index in [0.717, 1.165) is 10.8 Å². The number of halogens is 2. The number of hydrazone groups is 1. The average Bonchev–Trinajstić information content (AvgIpc) is 2.81. The third-order valence-corrected chi connectivity index (χ3v) is 5.57. The van der Waals surface area contributed by atoms with Crippen molar-refractivity contribution in [1.82, 2.24) is 10.7 Å². The summed E-state index contributed by atoms with van der Waals surface area (Å²) in [5.41, 5.74) is 3.40. The van der Waals surface area contributed by atoms with Crippen molar-refractivity contribution in [2.75, 3.05) is 6.61 Å². The Bertz CT molecular complexity index is 1280. The zero-order chi connectivity index (χ0) is 24.7. The molecule has 0 spiro atoms. The number of carbonyl (C=O) groups is 2. The molecule has 0 aliphatic heterocycles. The van der Waals surface area contributed by atoms with E-state index in [0.29, 0.717) is 16.3 Å². The van der Waals surface area contributed by atoms with Gasteiger partial charge < -0.3 is 10.1 Å². The number of amides is 2. The smallest absolute Gasteiger partial charge is 0.262 e. The molecule has 3 aromatic carbocycles. The first-order valence-corrected chi connectivity index (χ1v) is 11.2. The predicted octanol–water partition coefficient (Wildman–Crippen LogP) is 5.06. The van der Waals surface area contributed by atoms with Crippen LogP contribution in [0.2, 0.25) is 10.0 Å². The van der Waals surface area contributed by atoms with E-state index in [4.69, 9.17) is 34.4 Å².